The molecule has 0 bridgehead atoms. The zero-order chi connectivity index (χ0) is 30.8. The molecule has 0 saturated heterocycles. The van der Waals surface area contributed by atoms with Gasteiger partial charge in [0.15, 0.2) is 0 Å². The van der Waals surface area contributed by atoms with Gasteiger partial charge < -0.3 is 20.5 Å². The number of hydrogen-bond donors (Lipinski definition) is 3. The highest BCUT2D eigenvalue weighted by molar-refractivity contribution is 4.61. The Morgan fingerprint density at radius 1 is 0.381 bits per heavy atom. The van der Waals surface area contributed by atoms with E-state index in [0.29, 0.717) is 12.5 Å². The largest absolute Gasteiger partial charge is 0.634 e. The minimum Gasteiger partial charge on any atom is -0.634 e. The lowest BCUT2D eigenvalue weighted by atomic mass is 9.93. The highest BCUT2D eigenvalue weighted by atomic mass is 16.5. The molecule has 4 nitrogen and oxygen atoms in total. The predicted molar refractivity (Wildman–Crippen MR) is 185 cm³/mol. The molecule has 0 radical (unpaired) electrons. The first-order valence-corrected chi connectivity index (χ1v) is 19.5. The number of nitrogens with one attached hydrogen (secondary N) is 1. The van der Waals surface area contributed by atoms with Crippen molar-refractivity contribution in [3.63, 3.8) is 0 Å². The minimum absolute atomic E-state index is 0.0249. The molecule has 0 rings (SSSR count). The van der Waals surface area contributed by atoms with Gasteiger partial charge in [0, 0.05) is 5.92 Å². The SMILES string of the molecule is CCCCCCCCCCCCCCCCCCC(CCCCCCCCCCCCCCCC)C[NH+]([O-])CC(O)O. The Morgan fingerprint density at radius 2 is 0.619 bits per heavy atom. The Morgan fingerprint density at radius 3 is 0.857 bits per heavy atom. The number of hydroxylamine groups is 2. The molecular formula is C38H79NO3. The summed E-state index contributed by atoms with van der Waals surface area (Å²) in [6, 6.07) is 0. The molecule has 0 aliphatic heterocycles. The Bertz CT molecular complexity index is 487. The Kier molecular flexibility index (Phi) is 35.2. The third-order valence-corrected chi connectivity index (χ3v) is 9.36. The third kappa shape index (κ3) is 34.3. The molecule has 0 heterocycles. The molecule has 0 aromatic heterocycles. The number of rotatable bonds is 36. The average molecular weight is 598 g/mol. The second-order valence-corrected chi connectivity index (χ2v) is 13.8. The molecule has 0 amide bonds. The van der Waals surface area contributed by atoms with Gasteiger partial charge in [-0.2, -0.15) is 0 Å². The van der Waals surface area contributed by atoms with Crippen molar-refractivity contribution in [1.29, 1.82) is 0 Å². The first-order chi connectivity index (χ1) is 20.6. The maximum Gasteiger partial charge on any atom is 0.202 e. The lowest BCUT2D eigenvalue weighted by Gasteiger charge is -2.28. The van der Waals surface area contributed by atoms with Crippen molar-refractivity contribution in [3.05, 3.63) is 5.21 Å². The van der Waals surface area contributed by atoms with Gasteiger partial charge in [0.1, 0.15) is 6.54 Å². The van der Waals surface area contributed by atoms with Gasteiger partial charge >= 0.3 is 0 Å². The monoisotopic (exact) mass is 598 g/mol. The molecule has 3 N–H and O–H groups in total. The second-order valence-electron chi connectivity index (χ2n) is 13.8. The molecule has 254 valence electrons. The van der Waals surface area contributed by atoms with Gasteiger partial charge in [0.2, 0.25) is 6.29 Å². The van der Waals surface area contributed by atoms with Crippen LogP contribution in [0.5, 0.6) is 0 Å². The van der Waals surface area contributed by atoms with E-state index in [1.807, 2.05) is 0 Å². The molecule has 0 aromatic carbocycles. The molecule has 42 heavy (non-hydrogen) atoms. The summed E-state index contributed by atoms with van der Waals surface area (Å²) in [5.74, 6) is 0.431. The summed E-state index contributed by atoms with van der Waals surface area (Å²) in [5.41, 5.74) is 0. The summed E-state index contributed by atoms with van der Waals surface area (Å²) >= 11 is 0. The Balaban J connectivity index is 3.74. The smallest absolute Gasteiger partial charge is 0.202 e. The fraction of sp³-hybridized carbons (Fsp3) is 1.00. The van der Waals surface area contributed by atoms with Crippen LogP contribution in [0.1, 0.15) is 219 Å². The maximum atomic E-state index is 12.3. The van der Waals surface area contributed by atoms with E-state index >= 15 is 0 Å². The number of aliphatic hydroxyl groups excluding tert-OH is 1. The van der Waals surface area contributed by atoms with Crippen molar-refractivity contribution in [3.8, 4) is 0 Å². The molecule has 0 spiro atoms. The van der Waals surface area contributed by atoms with Crippen LogP contribution in [0.2, 0.25) is 0 Å². The van der Waals surface area contributed by atoms with Crippen LogP contribution in [0.15, 0.2) is 0 Å². The number of hydrogen-bond acceptors (Lipinski definition) is 3. The van der Waals surface area contributed by atoms with Crippen LogP contribution in [-0.4, -0.2) is 29.6 Å². The topological polar surface area (TPSA) is 68.0 Å². The van der Waals surface area contributed by atoms with E-state index in [1.165, 1.54) is 193 Å². The van der Waals surface area contributed by atoms with Crippen molar-refractivity contribution in [2.75, 3.05) is 13.1 Å². The first kappa shape index (κ1) is 41.8. The van der Waals surface area contributed by atoms with Crippen molar-refractivity contribution in [1.82, 2.24) is 0 Å². The molecular weight excluding hydrogens is 518 g/mol. The lowest BCUT2D eigenvalue weighted by Crippen LogP contribution is -3.09. The molecule has 2 atom stereocenters. The van der Waals surface area contributed by atoms with Crippen LogP contribution >= 0.6 is 0 Å². The van der Waals surface area contributed by atoms with E-state index in [9.17, 15) is 15.4 Å². The summed E-state index contributed by atoms with van der Waals surface area (Å²) < 4.78 is 0. The van der Waals surface area contributed by atoms with E-state index in [0.717, 1.165) is 12.8 Å². The summed E-state index contributed by atoms with van der Waals surface area (Å²) in [6.45, 7) is 5.01. The fourth-order valence-electron chi connectivity index (χ4n) is 6.57. The summed E-state index contributed by atoms with van der Waals surface area (Å²) in [7, 11) is 0. The summed E-state index contributed by atoms with van der Waals surface area (Å²) in [6.07, 6.45) is 42.2. The highest BCUT2D eigenvalue weighted by Crippen LogP contribution is 2.20. The average Bonchev–Trinajstić information content (AvgIpc) is 2.96. The zero-order valence-electron chi connectivity index (χ0n) is 29.0. The molecule has 0 aliphatic carbocycles. The van der Waals surface area contributed by atoms with E-state index in [2.05, 4.69) is 13.8 Å². The summed E-state index contributed by atoms with van der Waals surface area (Å²) in [5, 5.41) is 30.7. The predicted octanol–water partition coefficient (Wildman–Crippen LogP) is 10.8. The van der Waals surface area contributed by atoms with Crippen molar-refractivity contribution >= 4 is 0 Å². The molecule has 0 fully saturated rings. The Hall–Kier alpha value is -0.160. The van der Waals surface area contributed by atoms with Crippen LogP contribution in [0.4, 0.5) is 0 Å². The first-order valence-electron chi connectivity index (χ1n) is 19.5. The van der Waals surface area contributed by atoms with Crippen molar-refractivity contribution in [2.24, 2.45) is 5.92 Å². The van der Waals surface area contributed by atoms with E-state index in [1.54, 1.807) is 0 Å². The minimum atomic E-state index is -1.49. The van der Waals surface area contributed by atoms with Crippen LogP contribution < -0.4 is 5.06 Å². The van der Waals surface area contributed by atoms with Gasteiger partial charge in [-0.1, -0.05) is 206 Å². The van der Waals surface area contributed by atoms with E-state index in [-0.39, 0.29) is 11.6 Å². The number of unbranched alkanes of at least 4 members (excludes halogenated alkanes) is 28. The molecule has 4 heteroatoms. The summed E-state index contributed by atoms with van der Waals surface area (Å²) in [4.78, 5) is 0. The highest BCUT2D eigenvalue weighted by Gasteiger charge is 2.14. The Labute approximate surface area is 264 Å². The fourth-order valence-corrected chi connectivity index (χ4v) is 6.57. The lowest BCUT2D eigenvalue weighted by molar-refractivity contribution is -0.858. The van der Waals surface area contributed by atoms with Crippen molar-refractivity contribution < 1.29 is 15.3 Å². The molecule has 0 aliphatic rings. The molecule has 0 saturated carbocycles. The molecule has 0 aromatic rings. The van der Waals surface area contributed by atoms with Crippen LogP contribution in [0.25, 0.3) is 0 Å². The van der Waals surface area contributed by atoms with Gasteiger partial charge in [-0.3, -0.25) is 0 Å². The van der Waals surface area contributed by atoms with Gasteiger partial charge in [0.05, 0.1) is 6.54 Å². The number of quaternary nitrogens is 1. The van der Waals surface area contributed by atoms with E-state index in [4.69, 9.17) is 0 Å². The third-order valence-electron chi connectivity index (χ3n) is 9.36. The van der Waals surface area contributed by atoms with E-state index < -0.39 is 6.29 Å². The van der Waals surface area contributed by atoms with Crippen molar-refractivity contribution in [2.45, 2.75) is 226 Å². The van der Waals surface area contributed by atoms with Crippen LogP contribution in [0, 0.1) is 11.1 Å². The molecule has 2 unspecified atom stereocenters. The van der Waals surface area contributed by atoms with Gasteiger partial charge in [-0.05, 0) is 12.8 Å². The quantitative estimate of drug-likeness (QED) is 0.0382. The van der Waals surface area contributed by atoms with Crippen LogP contribution in [0.3, 0.4) is 0 Å². The van der Waals surface area contributed by atoms with Gasteiger partial charge in [-0.15, -0.1) is 0 Å². The van der Waals surface area contributed by atoms with Gasteiger partial charge in [-0.25, -0.2) is 0 Å². The van der Waals surface area contributed by atoms with Gasteiger partial charge in [0.25, 0.3) is 0 Å². The van der Waals surface area contributed by atoms with Crippen LogP contribution in [-0.2, 0) is 0 Å². The second kappa shape index (κ2) is 35.3. The number of aliphatic hydroxyl groups is 2. The standard InChI is InChI=1S/C38H79NO3/c1-3-5-7-9-11-13-15-17-19-20-22-24-26-28-30-32-34-37(35-39(42)36-38(40)41)33-31-29-27-25-23-21-18-16-14-12-10-8-6-4-2/h37-41H,3-36H2,1-2H3. The normalized spacial score (nSPS) is 13.3. The zero-order valence-corrected chi connectivity index (χ0v) is 29.0. The maximum absolute atomic E-state index is 12.3.